The third kappa shape index (κ3) is 5.65. The van der Waals surface area contributed by atoms with E-state index in [0.29, 0.717) is 5.69 Å². The molecule has 2 aromatic carbocycles. The van der Waals surface area contributed by atoms with Gasteiger partial charge in [-0.1, -0.05) is 23.8 Å². The van der Waals surface area contributed by atoms with E-state index in [1.165, 1.54) is 35.6 Å². The number of sulfonamides is 1. The SMILES string of the molecule is Cc1ccc(NC(=O)COC(=O)c2cccc(S(=O)(=O)N(C)C(C)C)c2)c(C)c1. The number of aryl methyl sites for hydroxylation is 2. The largest absolute Gasteiger partial charge is 0.452 e. The number of benzene rings is 2. The van der Waals surface area contributed by atoms with Gasteiger partial charge in [-0.2, -0.15) is 4.31 Å². The molecule has 7 nitrogen and oxygen atoms in total. The summed E-state index contributed by atoms with van der Waals surface area (Å²) in [7, 11) is -2.25. The molecule has 0 heterocycles. The molecule has 156 valence electrons. The molecule has 0 atom stereocenters. The number of rotatable bonds is 7. The highest BCUT2D eigenvalue weighted by Gasteiger charge is 2.24. The third-order valence-corrected chi connectivity index (χ3v) is 6.49. The fourth-order valence-corrected chi connectivity index (χ4v) is 4.00. The van der Waals surface area contributed by atoms with Crippen LogP contribution in [-0.2, 0) is 19.6 Å². The number of ether oxygens (including phenoxy) is 1. The Morgan fingerprint density at radius 1 is 1.10 bits per heavy atom. The van der Waals surface area contributed by atoms with Crippen molar-refractivity contribution >= 4 is 27.6 Å². The van der Waals surface area contributed by atoms with Crippen molar-refractivity contribution in [3.05, 3.63) is 59.2 Å². The average Bonchev–Trinajstić information content (AvgIpc) is 2.67. The number of carbonyl (C=O) groups is 2. The summed E-state index contributed by atoms with van der Waals surface area (Å²) in [6.07, 6.45) is 0. The molecule has 0 saturated carbocycles. The Morgan fingerprint density at radius 2 is 1.79 bits per heavy atom. The third-order valence-electron chi connectivity index (χ3n) is 4.46. The quantitative estimate of drug-likeness (QED) is 0.698. The van der Waals surface area contributed by atoms with Gasteiger partial charge in [0.15, 0.2) is 6.61 Å². The van der Waals surface area contributed by atoms with E-state index in [0.717, 1.165) is 11.1 Å². The summed E-state index contributed by atoms with van der Waals surface area (Å²) in [6, 6.07) is 10.9. The standard InChI is InChI=1S/C21H26N2O5S/c1-14(2)23(5)29(26,27)18-8-6-7-17(12-18)21(25)28-13-20(24)22-19-10-9-15(3)11-16(19)4/h6-12,14H,13H2,1-5H3,(H,22,24). The zero-order valence-corrected chi connectivity index (χ0v) is 18.0. The number of carbonyl (C=O) groups excluding carboxylic acids is 2. The highest BCUT2D eigenvalue weighted by molar-refractivity contribution is 7.89. The van der Waals surface area contributed by atoms with E-state index < -0.39 is 28.5 Å². The highest BCUT2D eigenvalue weighted by Crippen LogP contribution is 2.19. The van der Waals surface area contributed by atoms with Gasteiger partial charge >= 0.3 is 5.97 Å². The van der Waals surface area contributed by atoms with Gasteiger partial charge in [0.2, 0.25) is 10.0 Å². The molecule has 0 radical (unpaired) electrons. The Hall–Kier alpha value is -2.71. The fourth-order valence-electron chi connectivity index (χ4n) is 2.58. The van der Waals surface area contributed by atoms with Crippen LogP contribution in [0, 0.1) is 13.8 Å². The summed E-state index contributed by atoms with van der Waals surface area (Å²) < 4.78 is 31.4. The second-order valence-electron chi connectivity index (χ2n) is 7.09. The lowest BCUT2D eigenvalue weighted by Crippen LogP contribution is -2.33. The molecule has 0 spiro atoms. The number of amides is 1. The van der Waals surface area contributed by atoms with E-state index in [1.807, 2.05) is 26.0 Å². The maximum Gasteiger partial charge on any atom is 0.338 e. The maximum atomic E-state index is 12.6. The Balaban J connectivity index is 2.05. The van der Waals surface area contributed by atoms with Crippen molar-refractivity contribution in [1.29, 1.82) is 0 Å². The number of hydrogen-bond donors (Lipinski definition) is 1. The van der Waals surface area contributed by atoms with Crippen LogP contribution in [-0.4, -0.2) is 44.3 Å². The maximum absolute atomic E-state index is 12.6. The minimum absolute atomic E-state index is 0.0112. The molecule has 29 heavy (non-hydrogen) atoms. The van der Waals surface area contributed by atoms with Crippen molar-refractivity contribution in [2.45, 2.75) is 38.6 Å². The van der Waals surface area contributed by atoms with E-state index in [1.54, 1.807) is 19.9 Å². The second kappa shape index (κ2) is 9.19. The van der Waals surface area contributed by atoms with Crippen molar-refractivity contribution in [2.75, 3.05) is 19.0 Å². The van der Waals surface area contributed by atoms with Gasteiger partial charge in [0.1, 0.15) is 0 Å². The molecule has 0 aliphatic rings. The van der Waals surface area contributed by atoms with E-state index in [-0.39, 0.29) is 16.5 Å². The Kier molecular flexibility index (Phi) is 7.16. The Morgan fingerprint density at radius 3 is 2.41 bits per heavy atom. The topological polar surface area (TPSA) is 92.8 Å². The number of anilines is 1. The van der Waals surface area contributed by atoms with Crippen LogP contribution in [0.5, 0.6) is 0 Å². The minimum atomic E-state index is -3.73. The lowest BCUT2D eigenvalue weighted by molar-refractivity contribution is -0.119. The normalized spacial score (nSPS) is 11.6. The number of hydrogen-bond acceptors (Lipinski definition) is 5. The lowest BCUT2D eigenvalue weighted by atomic mass is 10.1. The van der Waals surface area contributed by atoms with Crippen LogP contribution in [0.15, 0.2) is 47.4 Å². The molecular weight excluding hydrogens is 392 g/mol. The first-order valence-corrected chi connectivity index (χ1v) is 10.6. The van der Waals surface area contributed by atoms with Gasteiger partial charge in [-0.3, -0.25) is 4.79 Å². The lowest BCUT2D eigenvalue weighted by Gasteiger charge is -2.21. The predicted molar refractivity (Wildman–Crippen MR) is 111 cm³/mol. The van der Waals surface area contributed by atoms with E-state index in [9.17, 15) is 18.0 Å². The second-order valence-corrected chi connectivity index (χ2v) is 9.08. The van der Waals surface area contributed by atoms with Crippen molar-refractivity contribution in [3.8, 4) is 0 Å². The molecule has 2 aromatic rings. The molecular formula is C21H26N2O5S. The Bertz CT molecular complexity index is 1020. The first-order valence-electron chi connectivity index (χ1n) is 9.14. The van der Waals surface area contributed by atoms with E-state index in [4.69, 9.17) is 4.74 Å². The summed E-state index contributed by atoms with van der Waals surface area (Å²) in [5.74, 6) is -1.25. The zero-order chi connectivity index (χ0) is 21.8. The van der Waals surface area contributed by atoms with Gasteiger partial charge in [0.25, 0.3) is 5.91 Å². The average molecular weight is 419 g/mol. The molecule has 0 aromatic heterocycles. The number of nitrogens with one attached hydrogen (secondary N) is 1. The molecule has 1 N–H and O–H groups in total. The summed E-state index contributed by atoms with van der Waals surface area (Å²) in [6.45, 7) is 6.85. The summed E-state index contributed by atoms with van der Waals surface area (Å²) in [4.78, 5) is 24.4. The highest BCUT2D eigenvalue weighted by atomic mass is 32.2. The molecule has 0 bridgehead atoms. The molecule has 0 aliphatic carbocycles. The van der Waals surface area contributed by atoms with Crippen LogP contribution in [0.4, 0.5) is 5.69 Å². The van der Waals surface area contributed by atoms with Gasteiger partial charge in [0, 0.05) is 18.8 Å². The first-order chi connectivity index (χ1) is 13.5. The smallest absolute Gasteiger partial charge is 0.338 e. The molecule has 1 amide bonds. The number of nitrogens with zero attached hydrogens (tertiary/aromatic N) is 1. The van der Waals surface area contributed by atoms with Crippen molar-refractivity contribution in [1.82, 2.24) is 4.31 Å². The monoisotopic (exact) mass is 418 g/mol. The van der Waals surface area contributed by atoms with Crippen LogP contribution in [0.1, 0.15) is 35.3 Å². The van der Waals surface area contributed by atoms with E-state index >= 15 is 0 Å². The van der Waals surface area contributed by atoms with Crippen LogP contribution in [0.2, 0.25) is 0 Å². The Labute approximate surface area is 171 Å². The predicted octanol–water partition coefficient (Wildman–Crippen LogP) is 3.13. The van der Waals surface area contributed by atoms with Crippen LogP contribution >= 0.6 is 0 Å². The fraction of sp³-hybridized carbons (Fsp3) is 0.333. The molecule has 0 aliphatic heterocycles. The van der Waals surface area contributed by atoms with Crippen molar-refractivity contribution in [3.63, 3.8) is 0 Å². The van der Waals surface area contributed by atoms with Gasteiger partial charge in [-0.25, -0.2) is 13.2 Å². The molecule has 2 rings (SSSR count). The molecule has 0 saturated heterocycles. The van der Waals surface area contributed by atoms with Gasteiger partial charge in [0.05, 0.1) is 10.5 Å². The zero-order valence-electron chi connectivity index (χ0n) is 17.2. The van der Waals surface area contributed by atoms with Gasteiger partial charge in [-0.15, -0.1) is 0 Å². The van der Waals surface area contributed by atoms with Crippen molar-refractivity contribution in [2.24, 2.45) is 0 Å². The van der Waals surface area contributed by atoms with Crippen molar-refractivity contribution < 1.29 is 22.7 Å². The molecule has 8 heteroatoms. The minimum Gasteiger partial charge on any atom is -0.452 e. The number of esters is 1. The van der Waals surface area contributed by atoms with Gasteiger partial charge in [-0.05, 0) is 57.5 Å². The summed E-state index contributed by atoms with van der Waals surface area (Å²) in [5.41, 5.74) is 2.67. The van der Waals surface area contributed by atoms with Crippen LogP contribution in [0.25, 0.3) is 0 Å². The molecule has 0 unspecified atom stereocenters. The summed E-state index contributed by atoms with van der Waals surface area (Å²) in [5, 5.41) is 2.69. The molecule has 0 fully saturated rings. The van der Waals surface area contributed by atoms with Crippen LogP contribution in [0.3, 0.4) is 0 Å². The van der Waals surface area contributed by atoms with E-state index in [2.05, 4.69) is 5.32 Å². The summed E-state index contributed by atoms with van der Waals surface area (Å²) >= 11 is 0. The van der Waals surface area contributed by atoms with Crippen LogP contribution < -0.4 is 5.32 Å². The van der Waals surface area contributed by atoms with Gasteiger partial charge < -0.3 is 10.1 Å². The first kappa shape index (κ1) is 22.6.